The molecule has 1 saturated carbocycles. The Kier molecular flexibility index (Phi) is 4.33. The predicted molar refractivity (Wildman–Crippen MR) is 95.4 cm³/mol. The van der Waals surface area contributed by atoms with Crippen LogP contribution in [0.4, 0.5) is 0 Å². The van der Waals surface area contributed by atoms with Gasteiger partial charge in [0.05, 0.1) is 0 Å². The molecule has 23 heavy (non-hydrogen) atoms. The van der Waals surface area contributed by atoms with Crippen LogP contribution in [0.1, 0.15) is 65.9 Å². The Hall–Kier alpha value is -0.890. The standard InChI is InChI=1S/C21H33NO/c1-16(2)21(17-6-10-22-11-7-17)15-18(21)14-19(3,4)20(5)8-12-23-13-9-20/h6-7,10-11,16,18H,8-9,12-15H2,1-5H3. The van der Waals surface area contributed by atoms with Gasteiger partial charge in [0.15, 0.2) is 0 Å². The molecule has 2 atom stereocenters. The van der Waals surface area contributed by atoms with Crippen LogP contribution in [0, 0.1) is 22.7 Å². The molecule has 2 nitrogen and oxygen atoms in total. The van der Waals surface area contributed by atoms with E-state index in [0.717, 1.165) is 19.1 Å². The van der Waals surface area contributed by atoms with Crippen LogP contribution >= 0.6 is 0 Å². The predicted octanol–water partition coefficient (Wildman–Crippen LogP) is 5.23. The third-order valence-electron chi connectivity index (χ3n) is 7.39. The van der Waals surface area contributed by atoms with Crippen molar-refractivity contribution in [2.45, 2.75) is 65.7 Å². The first kappa shape index (κ1) is 17.0. The van der Waals surface area contributed by atoms with Gasteiger partial charge in [0.2, 0.25) is 0 Å². The zero-order valence-electron chi connectivity index (χ0n) is 15.6. The van der Waals surface area contributed by atoms with Crippen molar-refractivity contribution in [3.63, 3.8) is 0 Å². The van der Waals surface area contributed by atoms with Crippen LogP contribution in [-0.4, -0.2) is 18.2 Å². The fourth-order valence-electron chi connectivity index (χ4n) is 5.02. The summed E-state index contributed by atoms with van der Waals surface area (Å²) in [6, 6.07) is 4.48. The summed E-state index contributed by atoms with van der Waals surface area (Å²) in [4.78, 5) is 4.22. The van der Waals surface area contributed by atoms with Crippen molar-refractivity contribution in [2.75, 3.05) is 13.2 Å². The minimum Gasteiger partial charge on any atom is -0.381 e. The quantitative estimate of drug-likeness (QED) is 0.742. The van der Waals surface area contributed by atoms with Crippen molar-refractivity contribution in [3.05, 3.63) is 30.1 Å². The van der Waals surface area contributed by atoms with Gasteiger partial charge in [0, 0.05) is 31.0 Å². The lowest BCUT2D eigenvalue weighted by atomic mass is 9.60. The minimum atomic E-state index is 0.366. The van der Waals surface area contributed by atoms with Gasteiger partial charge in [-0.2, -0.15) is 0 Å². The number of nitrogens with zero attached hydrogens (tertiary/aromatic N) is 1. The Morgan fingerprint density at radius 2 is 1.83 bits per heavy atom. The summed E-state index contributed by atoms with van der Waals surface area (Å²) in [5.41, 5.74) is 2.65. The molecule has 0 radical (unpaired) electrons. The summed E-state index contributed by atoms with van der Waals surface area (Å²) in [5.74, 6) is 1.49. The van der Waals surface area contributed by atoms with E-state index >= 15 is 0 Å². The summed E-state index contributed by atoms with van der Waals surface area (Å²) in [6.07, 6.45) is 8.99. The SMILES string of the molecule is CC(C)C1(c2ccncc2)CC1CC(C)(C)C1(C)CCOCC1. The molecule has 3 rings (SSSR count). The van der Waals surface area contributed by atoms with E-state index in [9.17, 15) is 0 Å². The van der Waals surface area contributed by atoms with Gasteiger partial charge in [-0.25, -0.2) is 0 Å². The maximum atomic E-state index is 5.62. The van der Waals surface area contributed by atoms with Crippen LogP contribution in [0.5, 0.6) is 0 Å². The van der Waals surface area contributed by atoms with Gasteiger partial charge in [0.25, 0.3) is 0 Å². The number of hydrogen-bond acceptors (Lipinski definition) is 2. The summed E-state index contributed by atoms with van der Waals surface area (Å²) >= 11 is 0. The average Bonchev–Trinajstić information content (AvgIpc) is 3.23. The van der Waals surface area contributed by atoms with Gasteiger partial charge in [-0.1, -0.05) is 34.6 Å². The zero-order chi connectivity index (χ0) is 16.7. The number of hydrogen-bond donors (Lipinski definition) is 0. The molecule has 0 aromatic carbocycles. The number of pyridine rings is 1. The molecule has 1 aromatic heterocycles. The summed E-state index contributed by atoms with van der Waals surface area (Å²) in [7, 11) is 0. The average molecular weight is 316 g/mol. The Morgan fingerprint density at radius 3 is 2.39 bits per heavy atom. The van der Waals surface area contributed by atoms with E-state index in [1.165, 1.54) is 31.2 Å². The van der Waals surface area contributed by atoms with Crippen molar-refractivity contribution in [2.24, 2.45) is 22.7 Å². The fourth-order valence-corrected chi connectivity index (χ4v) is 5.02. The largest absolute Gasteiger partial charge is 0.381 e. The van der Waals surface area contributed by atoms with E-state index in [1.807, 2.05) is 12.4 Å². The number of aromatic nitrogens is 1. The van der Waals surface area contributed by atoms with Crippen LogP contribution in [0.3, 0.4) is 0 Å². The van der Waals surface area contributed by atoms with Crippen molar-refractivity contribution in [3.8, 4) is 0 Å². The Balaban J connectivity index is 1.78. The molecule has 2 fully saturated rings. The minimum absolute atomic E-state index is 0.366. The summed E-state index contributed by atoms with van der Waals surface area (Å²) < 4.78 is 5.62. The molecule has 1 aliphatic carbocycles. The topological polar surface area (TPSA) is 22.1 Å². The second kappa shape index (κ2) is 5.88. The lowest BCUT2D eigenvalue weighted by Gasteiger charge is -2.47. The maximum Gasteiger partial charge on any atom is 0.0471 e. The smallest absolute Gasteiger partial charge is 0.0471 e. The molecule has 0 amide bonds. The lowest BCUT2D eigenvalue weighted by molar-refractivity contribution is -0.0484. The molecule has 0 N–H and O–H groups in total. The molecule has 1 aromatic rings. The highest BCUT2D eigenvalue weighted by atomic mass is 16.5. The highest BCUT2D eigenvalue weighted by Crippen LogP contribution is 2.64. The number of rotatable bonds is 5. The molecule has 0 bridgehead atoms. The normalized spacial score (nSPS) is 30.4. The van der Waals surface area contributed by atoms with E-state index in [-0.39, 0.29) is 0 Å². The third-order valence-corrected chi connectivity index (χ3v) is 7.39. The fraction of sp³-hybridized carbons (Fsp3) is 0.762. The molecule has 0 spiro atoms. The van der Waals surface area contributed by atoms with Crippen molar-refractivity contribution in [1.29, 1.82) is 0 Å². The molecule has 2 unspecified atom stereocenters. The highest BCUT2D eigenvalue weighted by Gasteiger charge is 2.59. The van der Waals surface area contributed by atoms with E-state index in [0.29, 0.717) is 22.2 Å². The van der Waals surface area contributed by atoms with Gasteiger partial charge in [0.1, 0.15) is 0 Å². The molecule has 128 valence electrons. The van der Waals surface area contributed by atoms with Gasteiger partial charge >= 0.3 is 0 Å². The zero-order valence-corrected chi connectivity index (χ0v) is 15.6. The first-order chi connectivity index (χ1) is 10.8. The van der Waals surface area contributed by atoms with Crippen molar-refractivity contribution in [1.82, 2.24) is 4.98 Å². The van der Waals surface area contributed by atoms with Gasteiger partial charge in [-0.3, -0.25) is 4.98 Å². The third kappa shape index (κ3) is 2.84. The van der Waals surface area contributed by atoms with Gasteiger partial charge < -0.3 is 4.74 Å². The first-order valence-electron chi connectivity index (χ1n) is 9.30. The monoisotopic (exact) mass is 315 g/mol. The van der Waals surface area contributed by atoms with E-state index in [4.69, 9.17) is 4.74 Å². The molecule has 2 heteroatoms. The molecular weight excluding hydrogens is 282 g/mol. The van der Waals surface area contributed by atoms with Gasteiger partial charge in [-0.05, 0) is 66.0 Å². The summed E-state index contributed by atoms with van der Waals surface area (Å²) in [6.45, 7) is 14.1. The van der Waals surface area contributed by atoms with Crippen LogP contribution in [-0.2, 0) is 10.2 Å². The molecule has 2 aliphatic rings. The maximum absolute atomic E-state index is 5.62. The second-order valence-corrected chi connectivity index (χ2v) is 9.09. The van der Waals surface area contributed by atoms with Crippen LogP contribution in [0.2, 0.25) is 0 Å². The Bertz CT molecular complexity index is 530. The second-order valence-electron chi connectivity index (χ2n) is 9.09. The highest BCUT2D eigenvalue weighted by molar-refractivity contribution is 5.33. The molecule has 2 heterocycles. The van der Waals surface area contributed by atoms with Crippen molar-refractivity contribution < 1.29 is 4.74 Å². The molecule has 1 saturated heterocycles. The molecule has 1 aliphatic heterocycles. The van der Waals surface area contributed by atoms with Crippen LogP contribution in [0.15, 0.2) is 24.5 Å². The van der Waals surface area contributed by atoms with E-state index in [1.54, 1.807) is 0 Å². The Labute approximate surface area is 142 Å². The summed E-state index contributed by atoms with van der Waals surface area (Å²) in [5, 5.41) is 0. The number of ether oxygens (including phenoxy) is 1. The Morgan fingerprint density at radius 1 is 1.22 bits per heavy atom. The lowest BCUT2D eigenvalue weighted by Crippen LogP contribution is -2.41. The van der Waals surface area contributed by atoms with Crippen LogP contribution < -0.4 is 0 Å². The van der Waals surface area contributed by atoms with Crippen LogP contribution in [0.25, 0.3) is 0 Å². The van der Waals surface area contributed by atoms with E-state index in [2.05, 4.69) is 51.7 Å². The van der Waals surface area contributed by atoms with Gasteiger partial charge in [-0.15, -0.1) is 0 Å². The molecular formula is C21H33NO. The van der Waals surface area contributed by atoms with E-state index < -0.39 is 0 Å². The van der Waals surface area contributed by atoms with Crippen molar-refractivity contribution >= 4 is 0 Å². The first-order valence-corrected chi connectivity index (χ1v) is 9.30.